The minimum Gasteiger partial charge on any atom is -0.497 e. The number of hydrogen-bond donors (Lipinski definition) is 0. The molecule has 5 rings (SSSR count). The monoisotopic (exact) mass is 468 g/mol. The van der Waals surface area contributed by atoms with Crippen LogP contribution in [0.1, 0.15) is 35.4 Å². The molecule has 3 aromatic carbocycles. The molecule has 0 saturated heterocycles. The van der Waals surface area contributed by atoms with Crippen molar-refractivity contribution in [2.24, 2.45) is 5.10 Å². The van der Waals surface area contributed by atoms with Crippen molar-refractivity contribution >= 4 is 33.2 Å². The molecule has 0 aromatic heterocycles. The summed E-state index contributed by atoms with van der Waals surface area (Å²) in [7, 11) is 1.67. The average molecular weight is 470 g/mol. The summed E-state index contributed by atoms with van der Waals surface area (Å²) >= 11 is 9.80. The lowest BCUT2D eigenvalue weighted by Crippen LogP contribution is -2.33. The van der Waals surface area contributed by atoms with E-state index in [1.165, 1.54) is 0 Å². The second-order valence-corrected chi connectivity index (χ2v) is 8.43. The van der Waals surface area contributed by atoms with Gasteiger partial charge in [-0.15, -0.1) is 0 Å². The van der Waals surface area contributed by atoms with Gasteiger partial charge in [0.2, 0.25) is 6.23 Å². The number of fused-ring (bicyclic) bond motifs is 3. The zero-order valence-corrected chi connectivity index (χ0v) is 18.0. The number of methoxy groups -OCH3 is 1. The van der Waals surface area contributed by atoms with Crippen LogP contribution < -0.4 is 9.47 Å². The van der Waals surface area contributed by atoms with Gasteiger partial charge in [0, 0.05) is 27.0 Å². The van der Waals surface area contributed by atoms with Crippen LogP contribution in [0, 0.1) is 0 Å². The first-order valence-corrected chi connectivity index (χ1v) is 10.5. The molecule has 29 heavy (non-hydrogen) atoms. The zero-order chi connectivity index (χ0) is 20.0. The van der Waals surface area contributed by atoms with Crippen LogP contribution in [-0.2, 0) is 0 Å². The predicted octanol–water partition coefficient (Wildman–Crippen LogP) is 6.35. The molecule has 6 heteroatoms. The van der Waals surface area contributed by atoms with E-state index in [4.69, 9.17) is 26.2 Å². The molecule has 4 nitrogen and oxygen atoms in total. The first-order chi connectivity index (χ1) is 14.1. The number of nitrogens with zero attached hydrogens (tertiary/aromatic N) is 2. The lowest BCUT2D eigenvalue weighted by atomic mass is 9.96. The first kappa shape index (κ1) is 18.5. The molecule has 0 amide bonds. The SMILES string of the molecule is COc1cccc([C@@H]2Oc3ccc(Cl)cc3[C@H]3CC(c4ccc(Br)cc4)=NN32)c1. The van der Waals surface area contributed by atoms with Gasteiger partial charge >= 0.3 is 0 Å². The van der Waals surface area contributed by atoms with E-state index in [1.807, 2.05) is 59.6 Å². The normalized spacial score (nSPS) is 19.8. The van der Waals surface area contributed by atoms with E-state index in [1.54, 1.807) is 7.11 Å². The van der Waals surface area contributed by atoms with E-state index < -0.39 is 0 Å². The molecule has 0 bridgehead atoms. The molecule has 146 valence electrons. The van der Waals surface area contributed by atoms with E-state index >= 15 is 0 Å². The summed E-state index contributed by atoms with van der Waals surface area (Å²) in [6.07, 6.45) is 0.454. The number of rotatable bonds is 3. The Hall–Kier alpha value is -2.50. The summed E-state index contributed by atoms with van der Waals surface area (Å²) in [5.74, 6) is 1.64. The zero-order valence-electron chi connectivity index (χ0n) is 15.7. The molecule has 0 aliphatic carbocycles. The fraction of sp³-hybridized carbons (Fsp3) is 0.174. The van der Waals surface area contributed by atoms with Gasteiger partial charge in [-0.3, -0.25) is 0 Å². The maximum absolute atomic E-state index is 6.39. The van der Waals surface area contributed by atoms with Gasteiger partial charge in [-0.2, -0.15) is 5.10 Å². The summed E-state index contributed by atoms with van der Waals surface area (Å²) in [5, 5.41) is 7.72. The predicted molar refractivity (Wildman–Crippen MR) is 118 cm³/mol. The third kappa shape index (κ3) is 3.38. The molecule has 0 saturated carbocycles. The van der Waals surface area contributed by atoms with Gasteiger partial charge < -0.3 is 9.47 Å². The molecule has 2 atom stereocenters. The summed E-state index contributed by atoms with van der Waals surface area (Å²) in [6, 6.07) is 22.0. The lowest BCUT2D eigenvalue weighted by Gasteiger charge is -2.38. The van der Waals surface area contributed by atoms with Crippen LogP contribution in [0.5, 0.6) is 11.5 Å². The Labute approximate surface area is 182 Å². The maximum Gasteiger partial charge on any atom is 0.214 e. The van der Waals surface area contributed by atoms with Crippen molar-refractivity contribution in [2.75, 3.05) is 7.11 Å². The van der Waals surface area contributed by atoms with Crippen LogP contribution in [0.3, 0.4) is 0 Å². The number of ether oxygens (including phenoxy) is 2. The molecule has 0 fully saturated rings. The van der Waals surface area contributed by atoms with Gasteiger partial charge in [-0.25, -0.2) is 5.01 Å². The number of hydrogen-bond acceptors (Lipinski definition) is 4. The Bertz CT molecular complexity index is 1100. The van der Waals surface area contributed by atoms with E-state index in [2.05, 4.69) is 28.1 Å². The standard InChI is InChI=1S/C23H18BrClN2O2/c1-28-18-4-2-3-15(11-18)23-27-21(19-12-17(25)9-10-22(19)29-23)13-20(26-27)14-5-7-16(24)8-6-14/h2-12,21,23H,13H2,1H3/t21-,23+/m1/s1. The maximum atomic E-state index is 6.39. The smallest absolute Gasteiger partial charge is 0.214 e. The van der Waals surface area contributed by atoms with Crippen molar-refractivity contribution in [2.45, 2.75) is 18.7 Å². The number of hydrazone groups is 1. The van der Waals surface area contributed by atoms with Crippen LogP contribution in [0.2, 0.25) is 5.02 Å². The fourth-order valence-electron chi connectivity index (χ4n) is 3.89. The van der Waals surface area contributed by atoms with Gasteiger partial charge in [0.25, 0.3) is 0 Å². The van der Waals surface area contributed by atoms with Gasteiger partial charge in [0.15, 0.2) is 0 Å². The first-order valence-electron chi connectivity index (χ1n) is 9.34. The summed E-state index contributed by atoms with van der Waals surface area (Å²) < 4.78 is 12.8. The second kappa shape index (κ2) is 7.39. The molecular weight excluding hydrogens is 452 g/mol. The van der Waals surface area contributed by atoms with E-state index in [0.29, 0.717) is 5.02 Å². The van der Waals surface area contributed by atoms with E-state index in [9.17, 15) is 0 Å². The molecule has 0 unspecified atom stereocenters. The molecule has 0 radical (unpaired) electrons. The van der Waals surface area contributed by atoms with Crippen molar-refractivity contribution in [3.63, 3.8) is 0 Å². The molecule has 3 aromatic rings. The Morgan fingerprint density at radius 1 is 1.10 bits per heavy atom. The highest BCUT2D eigenvalue weighted by molar-refractivity contribution is 9.10. The van der Waals surface area contributed by atoms with Gasteiger partial charge in [0.05, 0.1) is 18.9 Å². The lowest BCUT2D eigenvalue weighted by molar-refractivity contribution is -0.0191. The Morgan fingerprint density at radius 2 is 1.93 bits per heavy atom. The summed E-state index contributed by atoms with van der Waals surface area (Å²) in [6.45, 7) is 0. The third-order valence-corrected chi connectivity index (χ3v) is 6.07. The highest BCUT2D eigenvalue weighted by Crippen LogP contribution is 2.48. The quantitative estimate of drug-likeness (QED) is 0.448. The fourth-order valence-corrected chi connectivity index (χ4v) is 4.33. The number of halogens is 2. The van der Waals surface area contributed by atoms with Crippen molar-refractivity contribution in [3.8, 4) is 11.5 Å². The van der Waals surface area contributed by atoms with E-state index in [0.717, 1.165) is 44.8 Å². The van der Waals surface area contributed by atoms with Gasteiger partial charge in [-0.1, -0.05) is 51.8 Å². The second-order valence-electron chi connectivity index (χ2n) is 7.08. The minimum absolute atomic E-state index is 0.0623. The van der Waals surface area contributed by atoms with Crippen molar-refractivity contribution in [1.29, 1.82) is 0 Å². The summed E-state index contributed by atoms with van der Waals surface area (Å²) in [5.41, 5.74) is 4.20. The van der Waals surface area contributed by atoms with Crippen LogP contribution in [0.25, 0.3) is 0 Å². The van der Waals surface area contributed by atoms with Crippen molar-refractivity contribution in [3.05, 3.63) is 92.9 Å². The molecular formula is C23H18BrClN2O2. The Balaban J connectivity index is 1.60. The molecule has 2 heterocycles. The molecule has 0 N–H and O–H groups in total. The highest BCUT2D eigenvalue weighted by Gasteiger charge is 2.41. The molecule has 2 aliphatic rings. The van der Waals surface area contributed by atoms with Crippen LogP contribution in [0.4, 0.5) is 0 Å². The Kier molecular flexibility index (Phi) is 4.72. The van der Waals surface area contributed by atoms with Gasteiger partial charge in [-0.05, 0) is 48.0 Å². The topological polar surface area (TPSA) is 34.1 Å². The molecule has 0 spiro atoms. The highest BCUT2D eigenvalue weighted by atomic mass is 79.9. The van der Waals surface area contributed by atoms with Crippen molar-refractivity contribution in [1.82, 2.24) is 5.01 Å². The van der Waals surface area contributed by atoms with Crippen LogP contribution >= 0.6 is 27.5 Å². The third-order valence-electron chi connectivity index (χ3n) is 5.31. The minimum atomic E-state index is -0.336. The Morgan fingerprint density at radius 3 is 2.72 bits per heavy atom. The van der Waals surface area contributed by atoms with Crippen LogP contribution in [0.15, 0.2) is 76.3 Å². The van der Waals surface area contributed by atoms with Gasteiger partial charge in [0.1, 0.15) is 11.5 Å². The molecule has 2 aliphatic heterocycles. The number of benzene rings is 3. The average Bonchev–Trinajstić information content (AvgIpc) is 3.19. The van der Waals surface area contributed by atoms with E-state index in [-0.39, 0.29) is 12.3 Å². The van der Waals surface area contributed by atoms with Crippen molar-refractivity contribution < 1.29 is 9.47 Å². The van der Waals surface area contributed by atoms with Crippen LogP contribution in [-0.4, -0.2) is 17.8 Å². The largest absolute Gasteiger partial charge is 0.497 e. The summed E-state index contributed by atoms with van der Waals surface area (Å²) in [4.78, 5) is 0.